The Kier molecular flexibility index (Phi) is 4.59. The van der Waals surface area contributed by atoms with E-state index in [-0.39, 0.29) is 5.91 Å². The molecule has 0 aliphatic heterocycles. The molecule has 0 bridgehead atoms. The van der Waals surface area contributed by atoms with Crippen molar-refractivity contribution in [3.63, 3.8) is 0 Å². The lowest BCUT2D eigenvalue weighted by atomic mass is 10.2. The SMILES string of the molecule is Cc1occc1CN(C)C(=O)c1sccc1C=CC(=O)O. The summed E-state index contributed by atoms with van der Waals surface area (Å²) >= 11 is 1.30. The molecule has 0 aliphatic carbocycles. The van der Waals surface area contributed by atoms with Crippen LogP contribution in [-0.4, -0.2) is 28.9 Å². The number of carbonyl (C=O) groups excluding carboxylic acids is 1. The van der Waals surface area contributed by atoms with Crippen molar-refractivity contribution in [1.29, 1.82) is 0 Å². The standard InChI is InChI=1S/C15H15NO4S/c1-10-12(5-7-20-10)9-16(2)15(19)14-11(6-8-21-14)3-4-13(17)18/h3-8H,9H2,1-2H3,(H,17,18). The molecule has 1 N–H and O–H groups in total. The number of hydrogen-bond acceptors (Lipinski definition) is 4. The van der Waals surface area contributed by atoms with E-state index >= 15 is 0 Å². The summed E-state index contributed by atoms with van der Waals surface area (Å²) in [6, 6.07) is 3.56. The zero-order valence-electron chi connectivity index (χ0n) is 11.7. The van der Waals surface area contributed by atoms with Crippen LogP contribution >= 0.6 is 11.3 Å². The fourth-order valence-corrected chi connectivity index (χ4v) is 2.74. The van der Waals surface area contributed by atoms with Gasteiger partial charge in [-0.15, -0.1) is 11.3 Å². The van der Waals surface area contributed by atoms with Gasteiger partial charge in [0.25, 0.3) is 5.91 Å². The largest absolute Gasteiger partial charge is 0.478 e. The second kappa shape index (κ2) is 6.41. The Bertz CT molecular complexity index is 683. The van der Waals surface area contributed by atoms with E-state index in [4.69, 9.17) is 9.52 Å². The summed E-state index contributed by atoms with van der Waals surface area (Å²) in [5, 5.41) is 10.4. The summed E-state index contributed by atoms with van der Waals surface area (Å²) in [6.45, 7) is 2.29. The minimum absolute atomic E-state index is 0.143. The molecule has 2 aromatic heterocycles. The molecule has 6 heteroatoms. The summed E-state index contributed by atoms with van der Waals surface area (Å²) in [5.74, 6) is -0.399. The second-order valence-electron chi connectivity index (χ2n) is 4.54. The lowest BCUT2D eigenvalue weighted by Crippen LogP contribution is -2.26. The van der Waals surface area contributed by atoms with Crippen LogP contribution in [0.3, 0.4) is 0 Å². The molecule has 0 fully saturated rings. The Morgan fingerprint density at radius 2 is 2.19 bits per heavy atom. The average molecular weight is 305 g/mol. The molecule has 0 unspecified atom stereocenters. The highest BCUT2D eigenvalue weighted by molar-refractivity contribution is 7.12. The van der Waals surface area contributed by atoms with Gasteiger partial charge in [0, 0.05) is 25.2 Å². The molecule has 2 rings (SSSR count). The molecule has 2 aromatic rings. The first-order valence-corrected chi connectivity index (χ1v) is 7.14. The number of hydrogen-bond donors (Lipinski definition) is 1. The molecule has 0 atom stereocenters. The van der Waals surface area contributed by atoms with Crippen LogP contribution in [0.2, 0.25) is 0 Å². The third-order valence-electron chi connectivity index (χ3n) is 3.02. The summed E-state index contributed by atoms with van der Waals surface area (Å²) in [5.41, 5.74) is 1.56. The van der Waals surface area contributed by atoms with Crippen LogP contribution in [0.15, 0.2) is 34.3 Å². The van der Waals surface area contributed by atoms with Crippen LogP contribution in [0, 0.1) is 6.92 Å². The topological polar surface area (TPSA) is 70.8 Å². The molecule has 110 valence electrons. The maximum Gasteiger partial charge on any atom is 0.328 e. The number of amides is 1. The Morgan fingerprint density at radius 3 is 2.81 bits per heavy atom. The first kappa shape index (κ1) is 15.1. The summed E-state index contributed by atoms with van der Waals surface area (Å²) in [7, 11) is 1.71. The van der Waals surface area contributed by atoms with E-state index in [0.29, 0.717) is 17.0 Å². The van der Waals surface area contributed by atoms with Crippen LogP contribution in [-0.2, 0) is 11.3 Å². The van der Waals surface area contributed by atoms with Gasteiger partial charge in [0.15, 0.2) is 0 Å². The van der Waals surface area contributed by atoms with Gasteiger partial charge >= 0.3 is 5.97 Å². The molecular formula is C15H15NO4S. The van der Waals surface area contributed by atoms with Crippen molar-refractivity contribution in [3.05, 3.63) is 51.6 Å². The Morgan fingerprint density at radius 1 is 1.43 bits per heavy atom. The number of carboxylic acid groups (broad SMARTS) is 1. The molecular weight excluding hydrogens is 290 g/mol. The molecule has 0 radical (unpaired) electrons. The van der Waals surface area contributed by atoms with Gasteiger partial charge in [0.2, 0.25) is 0 Å². The van der Waals surface area contributed by atoms with Crippen molar-refractivity contribution in [2.45, 2.75) is 13.5 Å². The maximum atomic E-state index is 12.4. The summed E-state index contributed by atoms with van der Waals surface area (Å²) in [4.78, 5) is 25.1. The first-order chi connectivity index (χ1) is 9.99. The molecule has 2 heterocycles. The van der Waals surface area contributed by atoms with Crippen molar-refractivity contribution in [2.75, 3.05) is 7.05 Å². The minimum atomic E-state index is -1.04. The lowest BCUT2D eigenvalue weighted by Gasteiger charge is -2.16. The Balaban J connectivity index is 2.15. The van der Waals surface area contributed by atoms with Gasteiger partial charge in [-0.2, -0.15) is 0 Å². The van der Waals surface area contributed by atoms with Gasteiger partial charge in [0.05, 0.1) is 11.1 Å². The summed E-state index contributed by atoms with van der Waals surface area (Å²) in [6.07, 6.45) is 4.05. The molecule has 0 aromatic carbocycles. The van der Waals surface area contributed by atoms with E-state index in [2.05, 4.69) is 0 Å². The number of carboxylic acids is 1. The van der Waals surface area contributed by atoms with E-state index < -0.39 is 5.97 Å². The van der Waals surface area contributed by atoms with Crippen molar-refractivity contribution in [1.82, 2.24) is 4.90 Å². The third-order valence-corrected chi connectivity index (χ3v) is 3.93. The fraction of sp³-hybridized carbons (Fsp3) is 0.200. The molecule has 0 saturated heterocycles. The molecule has 5 nitrogen and oxygen atoms in total. The molecule has 21 heavy (non-hydrogen) atoms. The zero-order valence-corrected chi connectivity index (χ0v) is 12.5. The lowest BCUT2D eigenvalue weighted by molar-refractivity contribution is -0.131. The number of nitrogens with zero attached hydrogens (tertiary/aromatic N) is 1. The smallest absolute Gasteiger partial charge is 0.328 e. The molecule has 0 aliphatic rings. The highest BCUT2D eigenvalue weighted by atomic mass is 32.1. The van der Waals surface area contributed by atoms with Gasteiger partial charge in [-0.3, -0.25) is 4.79 Å². The van der Waals surface area contributed by atoms with Crippen molar-refractivity contribution in [3.8, 4) is 0 Å². The summed E-state index contributed by atoms with van der Waals surface area (Å²) < 4.78 is 5.21. The van der Waals surface area contributed by atoms with Crippen LogP contribution < -0.4 is 0 Å². The molecule has 1 amide bonds. The van der Waals surface area contributed by atoms with Gasteiger partial charge < -0.3 is 14.4 Å². The zero-order chi connectivity index (χ0) is 15.4. The highest BCUT2D eigenvalue weighted by Gasteiger charge is 2.17. The van der Waals surface area contributed by atoms with Crippen LogP contribution in [0.4, 0.5) is 0 Å². The predicted octanol–water partition coefficient (Wildman–Crippen LogP) is 3.02. The molecule has 0 spiro atoms. The van der Waals surface area contributed by atoms with E-state index in [1.54, 1.807) is 29.7 Å². The number of aryl methyl sites for hydroxylation is 1. The number of rotatable bonds is 5. The highest BCUT2D eigenvalue weighted by Crippen LogP contribution is 2.21. The van der Waals surface area contributed by atoms with Gasteiger partial charge in [-0.05, 0) is 36.1 Å². The number of furan rings is 1. The predicted molar refractivity (Wildman–Crippen MR) is 80.2 cm³/mol. The minimum Gasteiger partial charge on any atom is -0.478 e. The van der Waals surface area contributed by atoms with Crippen molar-refractivity contribution < 1.29 is 19.1 Å². The monoisotopic (exact) mass is 305 g/mol. The number of aliphatic carboxylic acids is 1. The van der Waals surface area contributed by atoms with Crippen molar-refractivity contribution in [2.24, 2.45) is 0 Å². The maximum absolute atomic E-state index is 12.4. The van der Waals surface area contributed by atoms with E-state index in [9.17, 15) is 9.59 Å². The Hall–Kier alpha value is -2.34. The van der Waals surface area contributed by atoms with E-state index in [0.717, 1.165) is 17.4 Å². The van der Waals surface area contributed by atoms with E-state index in [1.165, 1.54) is 17.4 Å². The van der Waals surface area contributed by atoms with E-state index in [1.807, 2.05) is 13.0 Å². The fourth-order valence-electron chi connectivity index (χ4n) is 1.86. The van der Waals surface area contributed by atoms with Crippen LogP contribution in [0.1, 0.15) is 26.6 Å². The van der Waals surface area contributed by atoms with Crippen molar-refractivity contribution >= 4 is 29.3 Å². The van der Waals surface area contributed by atoms with Crippen LogP contribution in [0.25, 0.3) is 6.08 Å². The normalized spacial score (nSPS) is 11.0. The Labute approximate surface area is 126 Å². The van der Waals surface area contributed by atoms with Gasteiger partial charge in [0.1, 0.15) is 5.76 Å². The average Bonchev–Trinajstić information content (AvgIpc) is 3.05. The molecule has 0 saturated carbocycles. The van der Waals surface area contributed by atoms with Crippen LogP contribution in [0.5, 0.6) is 0 Å². The number of carbonyl (C=O) groups is 2. The first-order valence-electron chi connectivity index (χ1n) is 6.26. The quantitative estimate of drug-likeness (QED) is 0.862. The number of thiophene rings is 1. The third kappa shape index (κ3) is 3.61. The van der Waals surface area contributed by atoms with Gasteiger partial charge in [-0.1, -0.05) is 0 Å². The van der Waals surface area contributed by atoms with Gasteiger partial charge in [-0.25, -0.2) is 4.79 Å². The second-order valence-corrected chi connectivity index (χ2v) is 5.46.